The Bertz CT molecular complexity index is 586. The number of carboxylic acid groups (broad SMARTS) is 1. The van der Waals surface area contributed by atoms with E-state index >= 15 is 0 Å². The molecule has 24 heavy (non-hydrogen) atoms. The van der Waals surface area contributed by atoms with E-state index in [4.69, 9.17) is 0 Å². The molecule has 6 heteroatoms. The quantitative estimate of drug-likeness (QED) is 0.436. The summed E-state index contributed by atoms with van der Waals surface area (Å²) in [7, 11) is 0. The van der Waals surface area contributed by atoms with Crippen molar-refractivity contribution in [2.75, 3.05) is 0 Å². The summed E-state index contributed by atoms with van der Waals surface area (Å²) in [6, 6.07) is 8.94. The van der Waals surface area contributed by atoms with Crippen molar-refractivity contribution in [1.29, 1.82) is 0 Å². The average molecular weight is 330 g/mol. The molecule has 130 valence electrons. The Morgan fingerprint density at radius 2 is 2.04 bits per heavy atom. The Labute approximate surface area is 142 Å². The van der Waals surface area contributed by atoms with Gasteiger partial charge < -0.3 is 9.67 Å². The number of carbonyl (C=O) groups is 1. The van der Waals surface area contributed by atoms with Crippen LogP contribution in [-0.2, 0) is 11.2 Å². The SMILES string of the molecule is CCCCCC(NN[C@@H](Cc1ccccc1)C(=O)O)n1ccnc1. The lowest BCUT2D eigenvalue weighted by molar-refractivity contribution is -0.139. The molecule has 0 aliphatic heterocycles. The van der Waals surface area contributed by atoms with Gasteiger partial charge in [0.25, 0.3) is 0 Å². The first-order chi connectivity index (χ1) is 11.7. The van der Waals surface area contributed by atoms with Gasteiger partial charge in [-0.25, -0.2) is 15.8 Å². The Hall–Kier alpha value is -2.18. The molecule has 0 spiro atoms. The Kier molecular flexibility index (Phi) is 7.45. The van der Waals surface area contributed by atoms with Gasteiger partial charge in [-0.3, -0.25) is 4.79 Å². The minimum atomic E-state index is -0.871. The molecule has 0 saturated heterocycles. The fraction of sp³-hybridized carbons (Fsp3) is 0.444. The Balaban J connectivity index is 1.95. The highest BCUT2D eigenvalue weighted by molar-refractivity contribution is 5.73. The second-order valence-electron chi connectivity index (χ2n) is 5.89. The number of aliphatic carboxylic acids is 1. The number of hydrazine groups is 1. The summed E-state index contributed by atoms with van der Waals surface area (Å²) in [6.07, 6.45) is 10.1. The first-order valence-corrected chi connectivity index (χ1v) is 8.46. The van der Waals surface area contributed by atoms with E-state index in [1.165, 1.54) is 0 Å². The van der Waals surface area contributed by atoms with E-state index in [1.807, 2.05) is 41.1 Å². The highest BCUT2D eigenvalue weighted by atomic mass is 16.4. The summed E-state index contributed by atoms with van der Waals surface area (Å²) in [5.74, 6) is -0.871. The van der Waals surface area contributed by atoms with E-state index in [-0.39, 0.29) is 6.17 Å². The fourth-order valence-corrected chi connectivity index (χ4v) is 2.58. The minimum absolute atomic E-state index is 0.0170. The predicted molar refractivity (Wildman–Crippen MR) is 93.2 cm³/mol. The molecule has 0 radical (unpaired) electrons. The lowest BCUT2D eigenvalue weighted by atomic mass is 10.1. The number of unbranched alkanes of at least 4 members (excludes halogenated alkanes) is 2. The maximum Gasteiger partial charge on any atom is 0.322 e. The molecule has 0 fully saturated rings. The molecule has 1 heterocycles. The molecule has 1 unspecified atom stereocenters. The molecular weight excluding hydrogens is 304 g/mol. The largest absolute Gasteiger partial charge is 0.480 e. The van der Waals surface area contributed by atoms with Crippen molar-refractivity contribution in [2.24, 2.45) is 0 Å². The molecule has 1 aromatic carbocycles. The number of rotatable bonds is 11. The van der Waals surface area contributed by atoms with Crippen molar-refractivity contribution in [3.63, 3.8) is 0 Å². The Morgan fingerprint density at radius 3 is 2.67 bits per heavy atom. The topological polar surface area (TPSA) is 79.2 Å². The van der Waals surface area contributed by atoms with E-state index in [9.17, 15) is 9.90 Å². The van der Waals surface area contributed by atoms with E-state index in [0.717, 1.165) is 31.2 Å². The zero-order valence-corrected chi connectivity index (χ0v) is 14.1. The lowest BCUT2D eigenvalue weighted by Gasteiger charge is -2.23. The maximum absolute atomic E-state index is 11.5. The van der Waals surface area contributed by atoms with Crippen LogP contribution in [0.2, 0.25) is 0 Å². The third kappa shape index (κ3) is 5.79. The van der Waals surface area contributed by atoms with Crippen LogP contribution in [-0.4, -0.2) is 26.7 Å². The molecule has 1 aromatic heterocycles. The maximum atomic E-state index is 11.5. The van der Waals surface area contributed by atoms with E-state index in [2.05, 4.69) is 22.8 Å². The number of hydrogen-bond donors (Lipinski definition) is 3. The van der Waals surface area contributed by atoms with Gasteiger partial charge in [0.2, 0.25) is 0 Å². The molecule has 2 atom stereocenters. The van der Waals surface area contributed by atoms with Crippen LogP contribution in [0.5, 0.6) is 0 Å². The summed E-state index contributed by atoms with van der Waals surface area (Å²) in [6.45, 7) is 2.16. The van der Waals surface area contributed by atoms with Gasteiger partial charge in [0, 0.05) is 12.4 Å². The minimum Gasteiger partial charge on any atom is -0.480 e. The molecule has 0 bridgehead atoms. The first kappa shape index (κ1) is 18.2. The highest BCUT2D eigenvalue weighted by Crippen LogP contribution is 2.12. The molecule has 0 amide bonds. The van der Waals surface area contributed by atoms with Crippen LogP contribution in [0.25, 0.3) is 0 Å². The van der Waals surface area contributed by atoms with Gasteiger partial charge in [0.05, 0.1) is 12.5 Å². The average Bonchev–Trinajstić information content (AvgIpc) is 3.12. The van der Waals surface area contributed by atoms with Gasteiger partial charge in [-0.2, -0.15) is 0 Å². The molecule has 2 rings (SSSR count). The predicted octanol–water partition coefficient (Wildman–Crippen LogP) is 2.75. The second kappa shape index (κ2) is 9.85. The molecular formula is C18H26N4O2. The number of nitrogens with zero attached hydrogens (tertiary/aromatic N) is 2. The fourth-order valence-electron chi connectivity index (χ4n) is 2.58. The highest BCUT2D eigenvalue weighted by Gasteiger charge is 2.19. The van der Waals surface area contributed by atoms with Gasteiger partial charge in [-0.15, -0.1) is 0 Å². The first-order valence-electron chi connectivity index (χ1n) is 8.46. The Morgan fingerprint density at radius 1 is 1.25 bits per heavy atom. The third-order valence-corrected chi connectivity index (χ3v) is 3.97. The molecule has 3 N–H and O–H groups in total. The molecule has 0 aliphatic carbocycles. The van der Waals surface area contributed by atoms with Gasteiger partial charge in [0.1, 0.15) is 6.04 Å². The van der Waals surface area contributed by atoms with Crippen LogP contribution in [0.3, 0.4) is 0 Å². The van der Waals surface area contributed by atoms with Crippen molar-refractivity contribution in [2.45, 2.75) is 51.2 Å². The van der Waals surface area contributed by atoms with E-state index in [1.54, 1.807) is 12.5 Å². The number of aromatic nitrogens is 2. The van der Waals surface area contributed by atoms with Crippen LogP contribution in [0.1, 0.15) is 44.3 Å². The standard InChI is InChI=1S/C18H26N4O2/c1-2-3-5-10-17(22-12-11-19-14-22)21-20-16(18(23)24)13-15-8-6-4-7-9-15/h4,6-9,11-12,14,16-17,20-21H,2-3,5,10,13H2,1H3,(H,23,24)/t16-,17?/m0/s1. The van der Waals surface area contributed by atoms with E-state index in [0.29, 0.717) is 6.42 Å². The van der Waals surface area contributed by atoms with Crippen LogP contribution in [0, 0.1) is 0 Å². The summed E-state index contributed by atoms with van der Waals surface area (Å²) in [4.78, 5) is 15.6. The number of benzene rings is 1. The van der Waals surface area contributed by atoms with Crippen molar-refractivity contribution in [3.05, 3.63) is 54.6 Å². The normalized spacial score (nSPS) is 13.5. The number of carboxylic acids is 1. The van der Waals surface area contributed by atoms with Gasteiger partial charge in [-0.05, 0) is 18.4 Å². The smallest absolute Gasteiger partial charge is 0.322 e. The number of imidazole rings is 1. The van der Waals surface area contributed by atoms with Gasteiger partial charge in [-0.1, -0.05) is 56.5 Å². The van der Waals surface area contributed by atoms with Gasteiger partial charge in [0.15, 0.2) is 0 Å². The number of nitrogens with one attached hydrogen (secondary N) is 2. The van der Waals surface area contributed by atoms with Crippen LogP contribution >= 0.6 is 0 Å². The van der Waals surface area contributed by atoms with Crippen LogP contribution in [0.15, 0.2) is 49.1 Å². The van der Waals surface area contributed by atoms with Crippen LogP contribution < -0.4 is 10.9 Å². The van der Waals surface area contributed by atoms with Crippen molar-refractivity contribution in [3.8, 4) is 0 Å². The zero-order chi connectivity index (χ0) is 17.2. The molecule has 2 aromatic rings. The molecule has 0 saturated carbocycles. The van der Waals surface area contributed by atoms with E-state index < -0.39 is 12.0 Å². The lowest BCUT2D eigenvalue weighted by Crippen LogP contribution is -2.49. The summed E-state index contributed by atoms with van der Waals surface area (Å²) < 4.78 is 1.96. The summed E-state index contributed by atoms with van der Waals surface area (Å²) in [5.41, 5.74) is 7.15. The third-order valence-electron chi connectivity index (χ3n) is 3.97. The second-order valence-corrected chi connectivity index (χ2v) is 5.89. The monoisotopic (exact) mass is 330 g/mol. The molecule has 0 aliphatic rings. The van der Waals surface area contributed by atoms with Crippen molar-refractivity contribution < 1.29 is 9.90 Å². The summed E-state index contributed by atoms with van der Waals surface area (Å²) >= 11 is 0. The molecule has 6 nitrogen and oxygen atoms in total. The summed E-state index contributed by atoms with van der Waals surface area (Å²) in [5, 5.41) is 9.47. The number of hydrogen-bond acceptors (Lipinski definition) is 4. The van der Waals surface area contributed by atoms with Crippen molar-refractivity contribution >= 4 is 5.97 Å². The van der Waals surface area contributed by atoms with Crippen molar-refractivity contribution in [1.82, 2.24) is 20.4 Å². The van der Waals surface area contributed by atoms with Gasteiger partial charge >= 0.3 is 5.97 Å². The van der Waals surface area contributed by atoms with Crippen LogP contribution in [0.4, 0.5) is 0 Å². The zero-order valence-electron chi connectivity index (χ0n) is 14.1.